The highest BCUT2D eigenvalue weighted by atomic mass is 16.6. The van der Waals surface area contributed by atoms with Crippen LogP contribution in [0, 0.1) is 6.92 Å². The third kappa shape index (κ3) is 3.19. The second kappa shape index (κ2) is 5.02. The van der Waals surface area contributed by atoms with Crippen LogP contribution in [0.4, 0.5) is 0 Å². The number of allylic oxidation sites excluding steroid dienone is 1. The smallest absolute Gasteiger partial charge is 0.333 e. The highest BCUT2D eigenvalue weighted by Gasteiger charge is 2.18. The van der Waals surface area contributed by atoms with Gasteiger partial charge in [-0.05, 0) is 13.8 Å². The van der Waals surface area contributed by atoms with Crippen LogP contribution in [0.3, 0.4) is 0 Å². The molecule has 0 unspecified atom stereocenters. The third-order valence-corrected chi connectivity index (χ3v) is 2.05. The number of hydrogen-bond acceptors (Lipinski definition) is 3. The van der Waals surface area contributed by atoms with Gasteiger partial charge in [0.15, 0.2) is 0 Å². The minimum Gasteiger partial charge on any atom is -0.459 e. The first-order chi connectivity index (χ1) is 6.24. The van der Waals surface area contributed by atoms with Crippen molar-refractivity contribution in [2.24, 2.45) is 0 Å². The summed E-state index contributed by atoms with van der Waals surface area (Å²) in [5.74, 6) is -0.311. The molecule has 1 aliphatic heterocycles. The van der Waals surface area contributed by atoms with Crippen LogP contribution in [0.15, 0.2) is 11.6 Å². The maximum Gasteiger partial charge on any atom is 0.333 e. The van der Waals surface area contributed by atoms with Crippen molar-refractivity contribution in [3.05, 3.63) is 18.6 Å². The van der Waals surface area contributed by atoms with Crippen LogP contribution >= 0.6 is 0 Å². The van der Waals surface area contributed by atoms with Crippen LogP contribution in [0.2, 0.25) is 0 Å². The molecule has 0 atom stereocenters. The van der Waals surface area contributed by atoms with Crippen LogP contribution < -0.4 is 0 Å². The van der Waals surface area contributed by atoms with E-state index >= 15 is 0 Å². The molecule has 73 valence electrons. The van der Waals surface area contributed by atoms with Crippen LogP contribution in [-0.2, 0) is 14.3 Å². The number of esters is 1. The fourth-order valence-electron chi connectivity index (χ4n) is 1.14. The van der Waals surface area contributed by atoms with E-state index < -0.39 is 0 Å². The second-order valence-electron chi connectivity index (χ2n) is 3.03. The highest BCUT2D eigenvalue weighted by Crippen LogP contribution is 2.12. The lowest BCUT2D eigenvalue weighted by Crippen LogP contribution is -2.26. The highest BCUT2D eigenvalue weighted by molar-refractivity contribution is 5.89. The molecule has 0 aliphatic carbocycles. The molecule has 1 aliphatic rings. The molecule has 0 bridgehead atoms. The van der Waals surface area contributed by atoms with Crippen molar-refractivity contribution in [3.8, 4) is 0 Å². The molecule has 3 heteroatoms. The lowest BCUT2D eigenvalue weighted by atomic mass is 10.1. The van der Waals surface area contributed by atoms with Gasteiger partial charge in [0, 0.05) is 18.4 Å². The molecular formula is C10H15O3. The Bertz CT molecular complexity index is 202. The molecule has 13 heavy (non-hydrogen) atoms. The molecule has 1 heterocycles. The number of rotatable bonds is 2. The molecule has 0 spiro atoms. The molecule has 0 saturated carbocycles. The van der Waals surface area contributed by atoms with Crippen LogP contribution in [0.1, 0.15) is 19.8 Å². The molecule has 3 nitrogen and oxygen atoms in total. The molecule has 1 radical (unpaired) electrons. The van der Waals surface area contributed by atoms with Gasteiger partial charge >= 0.3 is 5.97 Å². The summed E-state index contributed by atoms with van der Waals surface area (Å²) in [7, 11) is 0. The molecule has 0 amide bonds. The van der Waals surface area contributed by atoms with E-state index in [1.54, 1.807) is 13.0 Å². The number of ether oxygens (including phenoxy) is 2. The van der Waals surface area contributed by atoms with Gasteiger partial charge in [0.1, 0.15) is 6.10 Å². The zero-order chi connectivity index (χ0) is 9.68. The van der Waals surface area contributed by atoms with E-state index in [1.165, 1.54) is 0 Å². The summed E-state index contributed by atoms with van der Waals surface area (Å²) < 4.78 is 10.3. The summed E-state index contributed by atoms with van der Waals surface area (Å²) in [5.41, 5.74) is 0.423. The summed E-state index contributed by atoms with van der Waals surface area (Å²) in [6.45, 7) is 6.71. The fraction of sp³-hybridized carbons (Fsp3) is 0.600. The summed E-state index contributed by atoms with van der Waals surface area (Å²) >= 11 is 0. The van der Waals surface area contributed by atoms with Gasteiger partial charge in [-0.1, -0.05) is 6.08 Å². The van der Waals surface area contributed by atoms with Gasteiger partial charge in [-0.3, -0.25) is 0 Å². The van der Waals surface area contributed by atoms with Gasteiger partial charge in [0.05, 0.1) is 13.2 Å². The van der Waals surface area contributed by atoms with Gasteiger partial charge in [0.25, 0.3) is 0 Å². The quantitative estimate of drug-likeness (QED) is 0.480. The number of carbonyl (C=O) groups excluding carboxylic acids is 1. The van der Waals surface area contributed by atoms with E-state index in [9.17, 15) is 4.79 Å². The zero-order valence-electron chi connectivity index (χ0n) is 7.91. The SMILES string of the molecule is [CH2]/C(=C\C)C(=O)OC1CCOCC1. The largest absolute Gasteiger partial charge is 0.459 e. The van der Waals surface area contributed by atoms with Crippen molar-refractivity contribution in [2.45, 2.75) is 25.9 Å². The summed E-state index contributed by atoms with van der Waals surface area (Å²) in [4.78, 5) is 11.2. The molecular weight excluding hydrogens is 168 g/mol. The van der Waals surface area contributed by atoms with E-state index in [0.717, 1.165) is 12.8 Å². The van der Waals surface area contributed by atoms with Gasteiger partial charge in [-0.2, -0.15) is 0 Å². The van der Waals surface area contributed by atoms with Crippen molar-refractivity contribution in [1.82, 2.24) is 0 Å². The monoisotopic (exact) mass is 183 g/mol. The maximum absolute atomic E-state index is 11.2. The first-order valence-electron chi connectivity index (χ1n) is 4.51. The van der Waals surface area contributed by atoms with E-state index in [4.69, 9.17) is 9.47 Å². The second-order valence-corrected chi connectivity index (χ2v) is 3.03. The van der Waals surface area contributed by atoms with Crippen LogP contribution in [0.25, 0.3) is 0 Å². The van der Waals surface area contributed by atoms with E-state index in [2.05, 4.69) is 6.92 Å². The zero-order valence-corrected chi connectivity index (χ0v) is 7.91. The summed E-state index contributed by atoms with van der Waals surface area (Å²) in [6, 6.07) is 0. The normalized spacial score (nSPS) is 20.0. The lowest BCUT2D eigenvalue weighted by Gasteiger charge is -2.22. The number of carbonyl (C=O) groups is 1. The van der Waals surface area contributed by atoms with Crippen molar-refractivity contribution in [3.63, 3.8) is 0 Å². The fourth-order valence-corrected chi connectivity index (χ4v) is 1.14. The van der Waals surface area contributed by atoms with Gasteiger partial charge in [-0.25, -0.2) is 4.79 Å². The standard InChI is InChI=1S/C10H15O3/c1-3-8(2)10(11)13-9-4-6-12-7-5-9/h3,9H,2,4-7H2,1H3/b8-3+. The molecule has 1 saturated heterocycles. The Morgan fingerprint density at radius 3 is 2.69 bits per heavy atom. The van der Waals surface area contributed by atoms with Gasteiger partial charge in [0.2, 0.25) is 0 Å². The lowest BCUT2D eigenvalue weighted by molar-refractivity contribution is -0.147. The molecule has 0 aromatic rings. The topological polar surface area (TPSA) is 35.5 Å². The number of hydrogen-bond donors (Lipinski definition) is 0. The Morgan fingerprint density at radius 1 is 1.54 bits per heavy atom. The van der Waals surface area contributed by atoms with Crippen molar-refractivity contribution in [1.29, 1.82) is 0 Å². The summed E-state index contributed by atoms with van der Waals surface area (Å²) in [6.07, 6.45) is 3.26. The van der Waals surface area contributed by atoms with E-state index in [-0.39, 0.29) is 12.1 Å². The average molecular weight is 183 g/mol. The maximum atomic E-state index is 11.2. The van der Waals surface area contributed by atoms with Gasteiger partial charge < -0.3 is 9.47 Å². The van der Waals surface area contributed by atoms with E-state index in [0.29, 0.717) is 18.8 Å². The van der Waals surface area contributed by atoms with Crippen LogP contribution in [-0.4, -0.2) is 25.3 Å². The first kappa shape index (κ1) is 10.3. The van der Waals surface area contributed by atoms with Crippen LogP contribution in [0.5, 0.6) is 0 Å². The van der Waals surface area contributed by atoms with Crippen molar-refractivity contribution >= 4 is 5.97 Å². The minimum absolute atomic E-state index is 0.0120. The Hall–Kier alpha value is -0.830. The summed E-state index contributed by atoms with van der Waals surface area (Å²) in [5, 5.41) is 0. The Kier molecular flexibility index (Phi) is 3.96. The Morgan fingerprint density at radius 2 is 2.15 bits per heavy atom. The average Bonchev–Trinajstić information content (AvgIpc) is 2.18. The molecule has 0 aromatic carbocycles. The third-order valence-electron chi connectivity index (χ3n) is 2.05. The predicted octanol–water partition coefficient (Wildman–Crippen LogP) is 1.49. The first-order valence-corrected chi connectivity index (χ1v) is 4.51. The predicted molar refractivity (Wildman–Crippen MR) is 49.0 cm³/mol. The minimum atomic E-state index is -0.311. The molecule has 1 fully saturated rings. The van der Waals surface area contributed by atoms with Gasteiger partial charge in [-0.15, -0.1) is 0 Å². The van der Waals surface area contributed by atoms with E-state index in [1.807, 2.05) is 0 Å². The van der Waals surface area contributed by atoms with Crippen molar-refractivity contribution in [2.75, 3.05) is 13.2 Å². The Balaban J connectivity index is 2.34. The molecule has 0 aromatic heterocycles. The molecule has 1 rings (SSSR count). The molecule has 0 N–H and O–H groups in total. The Labute approximate surface area is 78.7 Å². The van der Waals surface area contributed by atoms with Crippen molar-refractivity contribution < 1.29 is 14.3 Å².